The van der Waals surface area contributed by atoms with Gasteiger partial charge in [0.15, 0.2) is 5.43 Å². The van der Waals surface area contributed by atoms with E-state index >= 15 is 0 Å². The van der Waals surface area contributed by atoms with Crippen molar-refractivity contribution in [3.05, 3.63) is 75.1 Å². The normalized spacial score (nSPS) is 15.5. The number of likely N-dealkylation sites (N-methyl/N-ethyl adjacent to an activating group) is 1. The molecule has 1 aliphatic heterocycles. The van der Waals surface area contributed by atoms with E-state index in [9.17, 15) is 9.59 Å². The van der Waals surface area contributed by atoms with E-state index in [0.717, 1.165) is 42.9 Å². The second kappa shape index (κ2) is 9.79. The van der Waals surface area contributed by atoms with Gasteiger partial charge in [0, 0.05) is 13.1 Å². The molecule has 1 amide bonds. The minimum absolute atomic E-state index is 0.126. The predicted octanol–water partition coefficient (Wildman–Crippen LogP) is 4.64. The summed E-state index contributed by atoms with van der Waals surface area (Å²) in [7, 11) is 0. The van der Waals surface area contributed by atoms with Gasteiger partial charge in [0.1, 0.15) is 11.3 Å². The number of hydrogen-bond acceptors (Lipinski definition) is 5. The molecule has 0 spiro atoms. The minimum atomic E-state index is -0.482. The molecular weight excluding hydrogens is 416 g/mol. The van der Waals surface area contributed by atoms with Crippen molar-refractivity contribution in [3.63, 3.8) is 0 Å². The first-order valence-corrected chi connectivity index (χ1v) is 11.9. The lowest BCUT2D eigenvalue weighted by molar-refractivity contribution is 0.0708. The summed E-state index contributed by atoms with van der Waals surface area (Å²) in [6, 6.07) is 12.8. The monoisotopic (exact) mass is 448 g/mol. The third-order valence-electron chi connectivity index (χ3n) is 6.50. The van der Waals surface area contributed by atoms with Gasteiger partial charge < -0.3 is 19.0 Å². The molecule has 1 aromatic heterocycles. The molecule has 0 bridgehead atoms. The summed E-state index contributed by atoms with van der Waals surface area (Å²) in [5.74, 6) is 0.698. The van der Waals surface area contributed by atoms with Gasteiger partial charge in [-0.3, -0.25) is 9.59 Å². The standard InChI is InChI=1S/C27H32N2O4/c1-5-18-9-14-22-21(17-18)25(30)23-24(19-10-12-20(13-11-19)32-8-4)29(27(31)26(23)33-22)16-15-28(6-2)7-3/h9-14,17,24H,5-8,15-16H2,1-4H3. The van der Waals surface area contributed by atoms with E-state index in [1.807, 2.05) is 43.3 Å². The molecule has 0 saturated heterocycles. The molecule has 1 unspecified atom stereocenters. The SMILES string of the molecule is CCOc1ccc(C2c3c(oc4ccc(CC)cc4c3=O)C(=O)N2CCN(CC)CC)cc1. The minimum Gasteiger partial charge on any atom is -0.494 e. The van der Waals surface area contributed by atoms with Gasteiger partial charge in [-0.25, -0.2) is 0 Å². The van der Waals surface area contributed by atoms with Crippen LogP contribution in [-0.4, -0.2) is 48.5 Å². The lowest BCUT2D eigenvalue weighted by atomic mass is 9.98. The van der Waals surface area contributed by atoms with Crippen molar-refractivity contribution in [1.29, 1.82) is 0 Å². The van der Waals surface area contributed by atoms with Crippen LogP contribution >= 0.6 is 0 Å². The second-order valence-electron chi connectivity index (χ2n) is 8.29. The van der Waals surface area contributed by atoms with E-state index in [2.05, 4.69) is 25.7 Å². The fourth-order valence-electron chi connectivity index (χ4n) is 4.57. The Bertz CT molecular complexity index is 1200. The summed E-state index contributed by atoms with van der Waals surface area (Å²) < 4.78 is 11.7. The average molecular weight is 449 g/mol. The zero-order valence-corrected chi connectivity index (χ0v) is 19.9. The van der Waals surface area contributed by atoms with Crippen LogP contribution in [0, 0.1) is 0 Å². The summed E-state index contributed by atoms with van der Waals surface area (Å²) in [5.41, 5.74) is 2.71. The van der Waals surface area contributed by atoms with Crippen molar-refractivity contribution in [2.75, 3.05) is 32.8 Å². The molecule has 6 heteroatoms. The maximum absolute atomic E-state index is 13.7. The fourth-order valence-corrected chi connectivity index (χ4v) is 4.57. The summed E-state index contributed by atoms with van der Waals surface area (Å²) >= 11 is 0. The third kappa shape index (κ3) is 4.27. The van der Waals surface area contributed by atoms with Gasteiger partial charge in [-0.2, -0.15) is 0 Å². The van der Waals surface area contributed by atoms with Crippen molar-refractivity contribution in [3.8, 4) is 5.75 Å². The number of ether oxygens (including phenoxy) is 1. The Labute approximate surface area is 194 Å². The molecule has 33 heavy (non-hydrogen) atoms. The second-order valence-corrected chi connectivity index (χ2v) is 8.29. The quantitative estimate of drug-likeness (QED) is 0.477. The summed E-state index contributed by atoms with van der Waals surface area (Å²) in [6.45, 7) is 11.8. The average Bonchev–Trinajstić information content (AvgIpc) is 3.12. The van der Waals surface area contributed by atoms with Crippen molar-refractivity contribution in [1.82, 2.24) is 9.80 Å². The van der Waals surface area contributed by atoms with E-state index in [-0.39, 0.29) is 17.1 Å². The van der Waals surface area contributed by atoms with Gasteiger partial charge in [-0.1, -0.05) is 39.0 Å². The number of benzene rings is 2. The van der Waals surface area contributed by atoms with Gasteiger partial charge >= 0.3 is 0 Å². The first kappa shape index (κ1) is 23.1. The topological polar surface area (TPSA) is 63.0 Å². The highest BCUT2D eigenvalue weighted by Gasteiger charge is 2.42. The number of hydrogen-bond donors (Lipinski definition) is 0. The van der Waals surface area contributed by atoms with Gasteiger partial charge in [0.25, 0.3) is 5.91 Å². The zero-order chi connectivity index (χ0) is 23.5. The summed E-state index contributed by atoms with van der Waals surface area (Å²) in [6.07, 6.45) is 0.823. The molecule has 0 fully saturated rings. The van der Waals surface area contributed by atoms with Crippen LogP contribution in [0.5, 0.6) is 5.75 Å². The highest BCUT2D eigenvalue weighted by molar-refractivity contribution is 5.99. The van der Waals surface area contributed by atoms with Crippen LogP contribution < -0.4 is 10.2 Å². The van der Waals surface area contributed by atoms with Crippen LogP contribution in [-0.2, 0) is 6.42 Å². The number of carbonyl (C=O) groups excluding carboxylic acids is 1. The Hall–Kier alpha value is -3.12. The lowest BCUT2D eigenvalue weighted by Gasteiger charge is -2.28. The van der Waals surface area contributed by atoms with Crippen LogP contribution in [0.1, 0.15) is 61.0 Å². The van der Waals surface area contributed by atoms with Crippen LogP contribution in [0.25, 0.3) is 11.0 Å². The molecule has 4 rings (SSSR count). The van der Waals surface area contributed by atoms with Crippen molar-refractivity contribution < 1.29 is 13.9 Å². The van der Waals surface area contributed by atoms with Crippen molar-refractivity contribution in [2.24, 2.45) is 0 Å². The molecule has 1 atom stereocenters. The first-order valence-electron chi connectivity index (χ1n) is 11.9. The molecule has 0 saturated carbocycles. The smallest absolute Gasteiger partial charge is 0.290 e. The number of aryl methyl sites for hydroxylation is 1. The highest BCUT2D eigenvalue weighted by atomic mass is 16.5. The summed E-state index contributed by atoms with van der Waals surface area (Å²) in [5, 5.41) is 0.530. The van der Waals surface area contributed by atoms with E-state index in [1.54, 1.807) is 11.0 Å². The van der Waals surface area contributed by atoms with Crippen LogP contribution in [0.2, 0.25) is 0 Å². The zero-order valence-electron chi connectivity index (χ0n) is 19.9. The van der Waals surface area contributed by atoms with E-state index < -0.39 is 6.04 Å². The Morgan fingerprint density at radius 1 is 1.00 bits per heavy atom. The number of fused-ring (bicyclic) bond motifs is 2. The fraction of sp³-hybridized carbons (Fsp3) is 0.407. The molecular formula is C27H32N2O4. The summed E-state index contributed by atoms with van der Waals surface area (Å²) in [4.78, 5) is 31.3. The number of rotatable bonds is 9. The van der Waals surface area contributed by atoms with Gasteiger partial charge in [-0.05, 0) is 61.8 Å². The van der Waals surface area contributed by atoms with Gasteiger partial charge in [0.2, 0.25) is 5.76 Å². The molecule has 0 aliphatic carbocycles. The van der Waals surface area contributed by atoms with Crippen LogP contribution in [0.4, 0.5) is 0 Å². The molecule has 2 heterocycles. The van der Waals surface area contributed by atoms with E-state index in [1.165, 1.54) is 0 Å². The molecule has 174 valence electrons. The van der Waals surface area contributed by atoms with Crippen molar-refractivity contribution in [2.45, 2.75) is 40.2 Å². The molecule has 2 aromatic carbocycles. The highest BCUT2D eigenvalue weighted by Crippen LogP contribution is 2.38. The first-order chi connectivity index (χ1) is 16.0. The van der Waals surface area contributed by atoms with Gasteiger partial charge in [0.05, 0.1) is 23.6 Å². The maximum Gasteiger partial charge on any atom is 0.290 e. The maximum atomic E-state index is 13.7. The van der Waals surface area contributed by atoms with E-state index in [0.29, 0.717) is 29.7 Å². The number of amides is 1. The molecule has 0 N–H and O–H groups in total. The van der Waals surface area contributed by atoms with Gasteiger partial charge in [-0.15, -0.1) is 0 Å². The molecule has 1 aliphatic rings. The Balaban J connectivity index is 1.84. The number of nitrogens with zero attached hydrogens (tertiary/aromatic N) is 2. The van der Waals surface area contributed by atoms with E-state index in [4.69, 9.17) is 9.15 Å². The molecule has 6 nitrogen and oxygen atoms in total. The van der Waals surface area contributed by atoms with Crippen LogP contribution in [0.3, 0.4) is 0 Å². The lowest BCUT2D eigenvalue weighted by Crippen LogP contribution is -2.37. The largest absolute Gasteiger partial charge is 0.494 e. The Kier molecular flexibility index (Phi) is 6.84. The van der Waals surface area contributed by atoms with Crippen molar-refractivity contribution >= 4 is 16.9 Å². The Morgan fingerprint density at radius 2 is 1.73 bits per heavy atom. The Morgan fingerprint density at radius 3 is 2.36 bits per heavy atom. The molecule has 0 radical (unpaired) electrons. The third-order valence-corrected chi connectivity index (χ3v) is 6.50. The van der Waals surface area contributed by atoms with Crippen LogP contribution in [0.15, 0.2) is 51.7 Å². The molecule has 3 aromatic rings. The predicted molar refractivity (Wildman–Crippen MR) is 130 cm³/mol. The number of carbonyl (C=O) groups is 1.